The molecule has 1 saturated heterocycles. The van der Waals surface area contributed by atoms with Gasteiger partial charge in [-0.15, -0.1) is 0 Å². The lowest BCUT2D eigenvalue weighted by molar-refractivity contribution is 0.213. The summed E-state index contributed by atoms with van der Waals surface area (Å²) in [5, 5.41) is 0.0920. The van der Waals surface area contributed by atoms with Crippen LogP contribution in [0.5, 0.6) is 5.75 Å². The largest absolute Gasteiger partial charge is 0.487 e. The van der Waals surface area contributed by atoms with Gasteiger partial charge in [0.2, 0.25) is 0 Å². The number of hydrogen-bond donors (Lipinski definition) is 0. The lowest BCUT2D eigenvalue weighted by atomic mass is 10.3. The van der Waals surface area contributed by atoms with Crippen molar-refractivity contribution in [2.75, 3.05) is 13.1 Å². The molecular weight excluding hydrogens is 328 g/mol. The molecule has 8 heteroatoms. The first-order valence-electron chi connectivity index (χ1n) is 8.00. The van der Waals surface area contributed by atoms with Crippen LogP contribution >= 0.6 is 0 Å². The van der Waals surface area contributed by atoms with Crippen molar-refractivity contribution in [3.63, 3.8) is 0 Å². The zero-order valence-corrected chi connectivity index (χ0v) is 14.9. The highest BCUT2D eigenvalue weighted by Crippen LogP contribution is 2.24. The van der Waals surface area contributed by atoms with Gasteiger partial charge in [0, 0.05) is 25.0 Å². The Hall–Kier alpha value is -1.93. The number of sulfonamides is 1. The van der Waals surface area contributed by atoms with Crippen LogP contribution in [0.25, 0.3) is 0 Å². The standard InChI is InChI=1S/C16H22N4O3S/c1-12(2)19-10-16(18-11-19)24(21,22)20-8-6-14(9-20)23-15-5-4-7-17-13(15)3/h4-5,7,10-12,14H,6,8-9H2,1-3H3. The van der Waals surface area contributed by atoms with Gasteiger partial charge in [-0.25, -0.2) is 13.4 Å². The summed E-state index contributed by atoms with van der Waals surface area (Å²) in [6.07, 6.45) is 5.33. The molecule has 7 nitrogen and oxygen atoms in total. The predicted octanol–water partition coefficient (Wildman–Crippen LogP) is 2.01. The molecule has 1 fully saturated rings. The van der Waals surface area contributed by atoms with Crippen molar-refractivity contribution in [1.82, 2.24) is 18.8 Å². The second-order valence-electron chi connectivity index (χ2n) is 6.23. The summed E-state index contributed by atoms with van der Waals surface area (Å²) in [6, 6.07) is 3.83. The fraction of sp³-hybridized carbons (Fsp3) is 0.500. The van der Waals surface area contributed by atoms with E-state index < -0.39 is 10.0 Å². The van der Waals surface area contributed by atoms with Crippen molar-refractivity contribution < 1.29 is 13.2 Å². The van der Waals surface area contributed by atoms with E-state index in [9.17, 15) is 8.42 Å². The summed E-state index contributed by atoms with van der Waals surface area (Å²) in [4.78, 5) is 8.25. The molecule has 0 amide bonds. The second-order valence-corrected chi connectivity index (χ2v) is 8.12. The molecule has 130 valence electrons. The molecule has 0 bridgehead atoms. The highest BCUT2D eigenvalue weighted by Gasteiger charge is 2.35. The van der Waals surface area contributed by atoms with Crippen LogP contribution in [0.4, 0.5) is 0 Å². The predicted molar refractivity (Wildman–Crippen MR) is 89.4 cm³/mol. The highest BCUT2D eigenvalue weighted by atomic mass is 32.2. The Labute approximate surface area is 142 Å². The molecule has 24 heavy (non-hydrogen) atoms. The maximum absolute atomic E-state index is 12.7. The van der Waals surface area contributed by atoms with Crippen molar-refractivity contribution in [3.8, 4) is 5.75 Å². The quantitative estimate of drug-likeness (QED) is 0.824. The van der Waals surface area contributed by atoms with Crippen LogP contribution in [-0.4, -0.2) is 46.5 Å². The van der Waals surface area contributed by atoms with Crippen LogP contribution in [0, 0.1) is 6.92 Å². The van der Waals surface area contributed by atoms with E-state index >= 15 is 0 Å². The Morgan fingerprint density at radius 2 is 2.12 bits per heavy atom. The van der Waals surface area contributed by atoms with Gasteiger partial charge in [-0.05, 0) is 39.3 Å². The molecule has 0 aliphatic carbocycles. The Morgan fingerprint density at radius 3 is 2.79 bits per heavy atom. The summed E-state index contributed by atoms with van der Waals surface area (Å²) >= 11 is 0. The number of aryl methyl sites for hydroxylation is 1. The monoisotopic (exact) mass is 350 g/mol. The van der Waals surface area contributed by atoms with Crippen molar-refractivity contribution in [2.45, 2.75) is 44.4 Å². The van der Waals surface area contributed by atoms with Gasteiger partial charge in [0.05, 0.1) is 18.6 Å². The molecule has 2 aromatic rings. The molecule has 0 N–H and O–H groups in total. The third-order valence-electron chi connectivity index (χ3n) is 4.14. The summed E-state index contributed by atoms with van der Waals surface area (Å²) in [6.45, 7) is 6.59. The summed E-state index contributed by atoms with van der Waals surface area (Å²) in [7, 11) is -3.58. The Bertz CT molecular complexity index is 816. The molecule has 3 heterocycles. The lowest BCUT2D eigenvalue weighted by Gasteiger charge is -2.16. The SMILES string of the molecule is Cc1ncccc1OC1CCN(S(=O)(=O)c2cn(C(C)C)cn2)C1. The third kappa shape index (κ3) is 3.29. The van der Waals surface area contributed by atoms with Gasteiger partial charge in [0.1, 0.15) is 11.9 Å². The van der Waals surface area contributed by atoms with Gasteiger partial charge in [0.15, 0.2) is 5.03 Å². The van der Waals surface area contributed by atoms with Crippen LogP contribution in [0.15, 0.2) is 35.9 Å². The Morgan fingerprint density at radius 1 is 1.33 bits per heavy atom. The number of rotatable bonds is 5. The highest BCUT2D eigenvalue weighted by molar-refractivity contribution is 7.89. The van der Waals surface area contributed by atoms with Gasteiger partial charge >= 0.3 is 0 Å². The van der Waals surface area contributed by atoms with Crippen LogP contribution in [-0.2, 0) is 10.0 Å². The second kappa shape index (κ2) is 6.52. The van der Waals surface area contributed by atoms with E-state index in [1.165, 1.54) is 4.31 Å². The van der Waals surface area contributed by atoms with Gasteiger partial charge in [-0.2, -0.15) is 4.31 Å². The van der Waals surface area contributed by atoms with Crippen molar-refractivity contribution in [3.05, 3.63) is 36.5 Å². The van der Waals surface area contributed by atoms with E-state index in [1.807, 2.05) is 32.9 Å². The average molecular weight is 350 g/mol. The van der Waals surface area contributed by atoms with Crippen LogP contribution < -0.4 is 4.74 Å². The van der Waals surface area contributed by atoms with Crippen molar-refractivity contribution in [1.29, 1.82) is 0 Å². The van der Waals surface area contributed by atoms with Crippen LogP contribution in [0.1, 0.15) is 32.0 Å². The fourth-order valence-electron chi connectivity index (χ4n) is 2.65. The van der Waals surface area contributed by atoms with Gasteiger partial charge < -0.3 is 9.30 Å². The van der Waals surface area contributed by atoms with E-state index in [-0.39, 0.29) is 17.2 Å². The number of hydrogen-bond acceptors (Lipinski definition) is 5. The van der Waals surface area contributed by atoms with Gasteiger partial charge in [-0.3, -0.25) is 4.98 Å². The molecule has 2 aromatic heterocycles. The Kier molecular flexibility index (Phi) is 4.60. The molecule has 1 atom stereocenters. The van der Waals surface area contributed by atoms with E-state index in [2.05, 4.69) is 9.97 Å². The van der Waals surface area contributed by atoms with E-state index in [0.29, 0.717) is 25.3 Å². The molecule has 0 spiro atoms. The number of aromatic nitrogens is 3. The molecule has 1 aliphatic heterocycles. The normalized spacial score (nSPS) is 19.1. The summed E-state index contributed by atoms with van der Waals surface area (Å²) < 4.78 is 34.6. The maximum Gasteiger partial charge on any atom is 0.262 e. The minimum atomic E-state index is -3.58. The zero-order valence-electron chi connectivity index (χ0n) is 14.1. The van der Waals surface area contributed by atoms with E-state index in [0.717, 1.165) is 5.69 Å². The first-order valence-corrected chi connectivity index (χ1v) is 9.44. The number of nitrogens with zero attached hydrogens (tertiary/aromatic N) is 4. The fourth-order valence-corrected chi connectivity index (χ4v) is 4.06. The lowest BCUT2D eigenvalue weighted by Crippen LogP contribution is -2.31. The van der Waals surface area contributed by atoms with Crippen molar-refractivity contribution in [2.24, 2.45) is 0 Å². The number of pyridine rings is 1. The minimum Gasteiger partial charge on any atom is -0.487 e. The van der Waals surface area contributed by atoms with Crippen LogP contribution in [0.2, 0.25) is 0 Å². The summed E-state index contributed by atoms with van der Waals surface area (Å²) in [5.41, 5.74) is 0.800. The average Bonchev–Trinajstić information content (AvgIpc) is 3.19. The van der Waals surface area contributed by atoms with E-state index in [1.54, 1.807) is 23.3 Å². The minimum absolute atomic E-state index is 0.0920. The van der Waals surface area contributed by atoms with Crippen molar-refractivity contribution >= 4 is 10.0 Å². The Balaban J connectivity index is 1.71. The molecule has 0 aromatic carbocycles. The molecule has 1 aliphatic rings. The molecule has 0 radical (unpaired) electrons. The molecule has 3 rings (SSSR count). The van der Waals surface area contributed by atoms with E-state index in [4.69, 9.17) is 4.74 Å². The smallest absolute Gasteiger partial charge is 0.262 e. The van der Waals surface area contributed by atoms with Gasteiger partial charge in [-0.1, -0.05) is 0 Å². The number of imidazole rings is 1. The number of ether oxygens (including phenoxy) is 1. The molecule has 1 unspecified atom stereocenters. The first kappa shape index (κ1) is 16.9. The van der Waals surface area contributed by atoms with Crippen LogP contribution in [0.3, 0.4) is 0 Å². The summed E-state index contributed by atoms with van der Waals surface area (Å²) in [5.74, 6) is 0.700. The first-order chi connectivity index (χ1) is 11.4. The van der Waals surface area contributed by atoms with Gasteiger partial charge in [0.25, 0.3) is 10.0 Å². The molecule has 0 saturated carbocycles. The molecular formula is C16H22N4O3S. The zero-order chi connectivity index (χ0) is 17.3. The maximum atomic E-state index is 12.7. The topological polar surface area (TPSA) is 77.3 Å². The third-order valence-corrected chi connectivity index (χ3v) is 5.89.